The van der Waals surface area contributed by atoms with Gasteiger partial charge in [0.15, 0.2) is 0 Å². The highest BCUT2D eigenvalue weighted by Crippen LogP contribution is 2.27. The predicted molar refractivity (Wildman–Crippen MR) is 77.0 cm³/mol. The van der Waals surface area contributed by atoms with Gasteiger partial charge in [-0.15, -0.1) is 6.58 Å². The Balaban J connectivity index is 2.64. The molecule has 0 saturated carbocycles. The minimum Gasteiger partial charge on any atom is -0.496 e. The fourth-order valence-corrected chi connectivity index (χ4v) is 1.94. The molecule has 2 N–H and O–H groups in total. The Bertz CT molecular complexity index is 435. The quantitative estimate of drug-likeness (QED) is 0.794. The lowest BCUT2D eigenvalue weighted by atomic mass is 10.2. The van der Waals surface area contributed by atoms with Gasteiger partial charge in [0.2, 0.25) is 5.91 Å². The highest BCUT2D eigenvalue weighted by molar-refractivity contribution is 9.10. The van der Waals surface area contributed by atoms with Crippen LogP contribution in [0.25, 0.3) is 0 Å². The van der Waals surface area contributed by atoms with Crippen LogP contribution in [-0.4, -0.2) is 25.6 Å². The van der Waals surface area contributed by atoms with E-state index < -0.39 is 0 Å². The monoisotopic (exact) mass is 312 g/mol. The number of benzene rings is 1. The normalized spacial score (nSPS) is 11.5. The second kappa shape index (κ2) is 7.06. The molecule has 1 rings (SSSR count). The van der Waals surface area contributed by atoms with Crippen molar-refractivity contribution in [2.75, 3.05) is 19.0 Å². The number of amides is 1. The van der Waals surface area contributed by atoms with Gasteiger partial charge in [0.25, 0.3) is 0 Å². The van der Waals surface area contributed by atoms with Gasteiger partial charge < -0.3 is 15.4 Å². The molecule has 0 aromatic heterocycles. The van der Waals surface area contributed by atoms with E-state index in [0.717, 1.165) is 15.9 Å². The molecule has 0 radical (unpaired) electrons. The maximum absolute atomic E-state index is 11.7. The summed E-state index contributed by atoms with van der Waals surface area (Å²) in [4.78, 5) is 11.7. The molecular formula is C13H17BrN2O2. The molecule has 0 bridgehead atoms. The summed E-state index contributed by atoms with van der Waals surface area (Å²) >= 11 is 3.40. The van der Waals surface area contributed by atoms with Crippen molar-refractivity contribution < 1.29 is 9.53 Å². The molecule has 1 atom stereocenters. The average Bonchev–Trinajstić information content (AvgIpc) is 2.36. The molecule has 0 aliphatic heterocycles. The number of rotatable bonds is 6. The SMILES string of the molecule is C=CCNC(=O)[C@H](C)Nc1ccc(OC)c(Br)c1. The zero-order valence-electron chi connectivity index (χ0n) is 10.5. The third-order valence-electron chi connectivity index (χ3n) is 2.35. The van der Waals surface area contributed by atoms with Gasteiger partial charge in [-0.05, 0) is 41.1 Å². The molecular weight excluding hydrogens is 296 g/mol. The van der Waals surface area contributed by atoms with Crippen molar-refractivity contribution in [3.8, 4) is 5.75 Å². The highest BCUT2D eigenvalue weighted by Gasteiger charge is 2.12. The molecule has 1 aromatic rings. The van der Waals surface area contributed by atoms with Crippen molar-refractivity contribution in [3.05, 3.63) is 35.3 Å². The van der Waals surface area contributed by atoms with E-state index in [-0.39, 0.29) is 11.9 Å². The Kier molecular flexibility index (Phi) is 5.71. The second-order valence-corrected chi connectivity index (χ2v) is 4.60. The smallest absolute Gasteiger partial charge is 0.242 e. The van der Waals surface area contributed by atoms with Gasteiger partial charge in [0.1, 0.15) is 11.8 Å². The summed E-state index contributed by atoms with van der Waals surface area (Å²) in [7, 11) is 1.61. The number of carbonyl (C=O) groups excluding carboxylic acids is 1. The fourth-order valence-electron chi connectivity index (χ4n) is 1.40. The van der Waals surface area contributed by atoms with Crippen LogP contribution in [0.1, 0.15) is 6.92 Å². The summed E-state index contributed by atoms with van der Waals surface area (Å²) in [5.74, 6) is 0.686. The Morgan fingerprint density at radius 2 is 2.33 bits per heavy atom. The Morgan fingerprint density at radius 3 is 2.89 bits per heavy atom. The molecule has 0 aliphatic carbocycles. The maximum atomic E-state index is 11.7. The van der Waals surface area contributed by atoms with Crippen LogP contribution < -0.4 is 15.4 Å². The Morgan fingerprint density at radius 1 is 1.61 bits per heavy atom. The summed E-state index contributed by atoms with van der Waals surface area (Å²) in [5.41, 5.74) is 0.851. The van der Waals surface area contributed by atoms with E-state index in [9.17, 15) is 4.79 Å². The molecule has 18 heavy (non-hydrogen) atoms. The summed E-state index contributed by atoms with van der Waals surface area (Å²) in [6.45, 7) is 5.82. The summed E-state index contributed by atoms with van der Waals surface area (Å²) < 4.78 is 5.98. The van der Waals surface area contributed by atoms with E-state index in [1.54, 1.807) is 20.1 Å². The first-order valence-corrected chi connectivity index (χ1v) is 6.36. The van der Waals surface area contributed by atoms with Crippen molar-refractivity contribution in [3.63, 3.8) is 0 Å². The summed E-state index contributed by atoms with van der Waals surface area (Å²) in [6.07, 6.45) is 1.65. The first kappa shape index (κ1) is 14.6. The van der Waals surface area contributed by atoms with Crippen molar-refractivity contribution >= 4 is 27.5 Å². The van der Waals surface area contributed by atoms with Crippen molar-refractivity contribution in [1.82, 2.24) is 5.32 Å². The summed E-state index contributed by atoms with van der Waals surface area (Å²) in [5, 5.41) is 5.84. The molecule has 0 heterocycles. The lowest BCUT2D eigenvalue weighted by molar-refractivity contribution is -0.121. The maximum Gasteiger partial charge on any atom is 0.242 e. The molecule has 4 nitrogen and oxygen atoms in total. The zero-order valence-corrected chi connectivity index (χ0v) is 12.1. The lowest BCUT2D eigenvalue weighted by Gasteiger charge is -2.15. The molecule has 1 amide bonds. The number of anilines is 1. The standard InChI is InChI=1S/C13H17BrN2O2/c1-4-7-15-13(17)9(2)16-10-5-6-12(18-3)11(14)8-10/h4-6,8-9,16H,1,7H2,2-3H3,(H,15,17)/t9-/m0/s1. The third kappa shape index (κ3) is 4.07. The van der Waals surface area contributed by atoms with E-state index in [1.807, 2.05) is 18.2 Å². The topological polar surface area (TPSA) is 50.4 Å². The van der Waals surface area contributed by atoms with Gasteiger partial charge >= 0.3 is 0 Å². The van der Waals surface area contributed by atoms with E-state index in [4.69, 9.17) is 4.74 Å². The van der Waals surface area contributed by atoms with Gasteiger partial charge in [-0.3, -0.25) is 4.79 Å². The lowest BCUT2D eigenvalue weighted by Crippen LogP contribution is -2.37. The van der Waals surface area contributed by atoms with Crippen molar-refractivity contribution in [2.24, 2.45) is 0 Å². The first-order chi connectivity index (χ1) is 8.58. The average molecular weight is 313 g/mol. The van der Waals surface area contributed by atoms with E-state index in [0.29, 0.717) is 6.54 Å². The number of hydrogen-bond acceptors (Lipinski definition) is 3. The number of ether oxygens (including phenoxy) is 1. The van der Waals surface area contributed by atoms with E-state index in [1.165, 1.54) is 0 Å². The summed E-state index contributed by atoms with van der Waals surface area (Å²) in [6, 6.07) is 5.25. The third-order valence-corrected chi connectivity index (χ3v) is 2.97. The number of nitrogens with one attached hydrogen (secondary N) is 2. The largest absolute Gasteiger partial charge is 0.496 e. The highest BCUT2D eigenvalue weighted by atomic mass is 79.9. The molecule has 5 heteroatoms. The van der Waals surface area contributed by atoms with Crippen LogP contribution in [0.5, 0.6) is 5.75 Å². The molecule has 0 aliphatic rings. The van der Waals surface area contributed by atoms with Crippen molar-refractivity contribution in [1.29, 1.82) is 0 Å². The van der Waals surface area contributed by atoms with Gasteiger partial charge in [-0.25, -0.2) is 0 Å². The minimum atomic E-state index is -0.315. The van der Waals surface area contributed by atoms with Gasteiger partial charge in [0, 0.05) is 12.2 Å². The minimum absolute atomic E-state index is 0.0677. The number of hydrogen-bond donors (Lipinski definition) is 2. The van der Waals surface area contributed by atoms with Crippen LogP contribution in [0.3, 0.4) is 0 Å². The number of carbonyl (C=O) groups is 1. The van der Waals surface area contributed by atoms with Crippen LogP contribution in [0.4, 0.5) is 5.69 Å². The zero-order chi connectivity index (χ0) is 13.5. The molecule has 0 unspecified atom stereocenters. The van der Waals surface area contributed by atoms with Crippen LogP contribution in [0.15, 0.2) is 35.3 Å². The molecule has 0 spiro atoms. The van der Waals surface area contributed by atoms with Gasteiger partial charge in [-0.1, -0.05) is 6.08 Å². The first-order valence-electron chi connectivity index (χ1n) is 5.57. The molecule has 0 fully saturated rings. The van der Waals surface area contributed by atoms with E-state index >= 15 is 0 Å². The molecule has 1 aromatic carbocycles. The second-order valence-electron chi connectivity index (χ2n) is 3.75. The van der Waals surface area contributed by atoms with Crippen molar-refractivity contribution in [2.45, 2.75) is 13.0 Å². The molecule has 0 saturated heterocycles. The number of methoxy groups -OCH3 is 1. The molecule has 98 valence electrons. The van der Waals surface area contributed by atoms with Gasteiger partial charge in [0.05, 0.1) is 11.6 Å². The van der Waals surface area contributed by atoms with Crippen LogP contribution in [0.2, 0.25) is 0 Å². The van der Waals surface area contributed by atoms with Gasteiger partial charge in [-0.2, -0.15) is 0 Å². The number of halogens is 1. The van der Waals surface area contributed by atoms with Crippen LogP contribution >= 0.6 is 15.9 Å². The van der Waals surface area contributed by atoms with Crippen LogP contribution in [-0.2, 0) is 4.79 Å². The van der Waals surface area contributed by atoms with E-state index in [2.05, 4.69) is 33.1 Å². The Labute approximate surface area is 116 Å². The predicted octanol–water partition coefficient (Wildman–Crippen LogP) is 2.56. The fraction of sp³-hybridized carbons (Fsp3) is 0.308. The van der Waals surface area contributed by atoms with Crippen LogP contribution in [0, 0.1) is 0 Å². The Hall–Kier alpha value is -1.49.